The van der Waals surface area contributed by atoms with Gasteiger partial charge in [0.15, 0.2) is 0 Å². The van der Waals surface area contributed by atoms with Gasteiger partial charge in [-0.2, -0.15) is 0 Å². The van der Waals surface area contributed by atoms with Crippen LogP contribution in [0.4, 0.5) is 0 Å². The van der Waals surface area contributed by atoms with Gasteiger partial charge in [0.05, 0.1) is 11.9 Å². The molecule has 1 radical (unpaired) electrons. The van der Waals surface area contributed by atoms with E-state index in [1.807, 2.05) is 0 Å². The molecule has 0 spiro atoms. The fraction of sp³-hybridized carbons (Fsp3) is 1.00. The molecule has 0 aliphatic rings. The summed E-state index contributed by atoms with van der Waals surface area (Å²) in [5, 5.41) is 18.3. The van der Waals surface area contributed by atoms with E-state index in [9.17, 15) is 13.5 Å². The molecule has 55 valence electrons. The number of aliphatic hydroxyl groups is 1. The first kappa shape index (κ1) is 8.87. The number of aliphatic hydroxyl groups excluding tert-OH is 1. The van der Waals surface area contributed by atoms with E-state index in [1.165, 1.54) is 0 Å². The van der Waals surface area contributed by atoms with Gasteiger partial charge < -0.3 is 5.11 Å². The van der Waals surface area contributed by atoms with Gasteiger partial charge in [-0.15, -0.1) is 0 Å². The van der Waals surface area contributed by atoms with Crippen molar-refractivity contribution in [2.75, 3.05) is 18.6 Å². The molecule has 0 aliphatic heterocycles. The highest BCUT2D eigenvalue weighted by atomic mass is 32.2. The Morgan fingerprint density at radius 3 is 2.11 bits per heavy atom. The maximum Gasteiger partial charge on any atom is 0.150 e. The van der Waals surface area contributed by atoms with Crippen LogP contribution in [0.15, 0.2) is 0 Å². The fourth-order valence-electron chi connectivity index (χ4n) is 0.398. The molecule has 0 aromatic heterocycles. The van der Waals surface area contributed by atoms with E-state index in [2.05, 4.69) is 0 Å². The van der Waals surface area contributed by atoms with Crippen LogP contribution in [-0.2, 0) is 14.9 Å². The Labute approximate surface area is 54.0 Å². The molecule has 5 heteroatoms. The second-order valence-corrected chi connectivity index (χ2v) is 4.10. The Balaban J connectivity index is 3.75. The van der Waals surface area contributed by atoms with E-state index in [0.717, 1.165) is 6.26 Å². The van der Waals surface area contributed by atoms with Gasteiger partial charge in [0.1, 0.15) is 16.4 Å². The minimum absolute atomic E-state index is 0.434. The fourth-order valence-corrected chi connectivity index (χ4v) is 1.19. The smallest absolute Gasteiger partial charge is 0.150 e. The standard InChI is InChI=1S/C4H9O4S/c1-9(7,8)3-4(6)2-5/h4,6H,2-3H2,1H3. The van der Waals surface area contributed by atoms with Crippen LogP contribution in [0, 0.1) is 0 Å². The van der Waals surface area contributed by atoms with Crippen LogP contribution < -0.4 is 0 Å². The van der Waals surface area contributed by atoms with Gasteiger partial charge in [0, 0.05) is 6.26 Å². The summed E-state index contributed by atoms with van der Waals surface area (Å²) in [4.78, 5) is 0. The van der Waals surface area contributed by atoms with Crippen molar-refractivity contribution < 1.29 is 18.6 Å². The van der Waals surface area contributed by atoms with Crippen molar-refractivity contribution in [2.45, 2.75) is 6.10 Å². The monoisotopic (exact) mass is 153 g/mol. The summed E-state index contributed by atoms with van der Waals surface area (Å²) in [5.41, 5.74) is 0. The van der Waals surface area contributed by atoms with Crippen molar-refractivity contribution in [1.29, 1.82) is 0 Å². The Morgan fingerprint density at radius 1 is 1.56 bits per heavy atom. The molecule has 0 saturated carbocycles. The van der Waals surface area contributed by atoms with Gasteiger partial charge in [-0.3, -0.25) is 0 Å². The lowest BCUT2D eigenvalue weighted by atomic mass is 10.4. The molecule has 9 heavy (non-hydrogen) atoms. The second-order valence-electron chi connectivity index (χ2n) is 1.91. The highest BCUT2D eigenvalue weighted by molar-refractivity contribution is 7.90. The Kier molecular flexibility index (Phi) is 3.10. The van der Waals surface area contributed by atoms with Crippen LogP contribution in [-0.4, -0.2) is 38.2 Å². The number of hydrogen-bond acceptors (Lipinski definition) is 3. The van der Waals surface area contributed by atoms with Crippen LogP contribution >= 0.6 is 0 Å². The quantitative estimate of drug-likeness (QED) is 0.554. The summed E-state index contributed by atoms with van der Waals surface area (Å²) in [5.74, 6) is -0.434. The Morgan fingerprint density at radius 2 is 2.00 bits per heavy atom. The molecule has 1 unspecified atom stereocenters. The van der Waals surface area contributed by atoms with Crippen molar-refractivity contribution in [3.63, 3.8) is 0 Å². The average Bonchev–Trinajstić information content (AvgIpc) is 1.62. The molecule has 0 aromatic rings. The van der Waals surface area contributed by atoms with Crippen LogP contribution in [0.3, 0.4) is 0 Å². The second kappa shape index (κ2) is 3.14. The summed E-state index contributed by atoms with van der Waals surface area (Å²) in [6.07, 6.45) is -0.272. The Hall–Kier alpha value is -0.130. The molecule has 1 N–H and O–H groups in total. The first-order valence-corrected chi connectivity index (χ1v) is 4.45. The van der Waals surface area contributed by atoms with Crippen LogP contribution in [0.2, 0.25) is 0 Å². The first-order valence-electron chi connectivity index (χ1n) is 2.39. The number of sulfone groups is 1. The van der Waals surface area contributed by atoms with Crippen molar-refractivity contribution >= 4 is 9.84 Å². The molecule has 4 nitrogen and oxygen atoms in total. The third-order valence-corrected chi connectivity index (χ3v) is 1.68. The lowest BCUT2D eigenvalue weighted by molar-refractivity contribution is 0.0691. The molecule has 0 heterocycles. The van der Waals surface area contributed by atoms with E-state index in [-0.39, 0.29) is 0 Å². The molecule has 0 saturated heterocycles. The maximum atomic E-state index is 10.3. The SMILES string of the molecule is CS(=O)(=O)CC(O)C[O]. The minimum Gasteiger partial charge on any atom is -0.390 e. The maximum absolute atomic E-state index is 10.3. The van der Waals surface area contributed by atoms with Gasteiger partial charge >= 0.3 is 0 Å². The van der Waals surface area contributed by atoms with Crippen LogP contribution in [0.25, 0.3) is 0 Å². The van der Waals surface area contributed by atoms with Gasteiger partial charge in [-0.25, -0.2) is 13.5 Å². The highest BCUT2D eigenvalue weighted by Gasteiger charge is 2.10. The topological polar surface area (TPSA) is 74.3 Å². The zero-order valence-corrected chi connectivity index (χ0v) is 5.89. The predicted molar refractivity (Wildman–Crippen MR) is 31.3 cm³/mol. The summed E-state index contributed by atoms with van der Waals surface area (Å²) in [6, 6.07) is 0. The largest absolute Gasteiger partial charge is 0.390 e. The molecule has 0 amide bonds. The van der Waals surface area contributed by atoms with Crippen molar-refractivity contribution in [3.8, 4) is 0 Å². The zero-order chi connectivity index (χ0) is 7.49. The van der Waals surface area contributed by atoms with Crippen molar-refractivity contribution in [1.82, 2.24) is 0 Å². The summed E-state index contributed by atoms with van der Waals surface area (Å²) < 4.78 is 20.6. The number of rotatable bonds is 3. The van der Waals surface area contributed by atoms with Gasteiger partial charge in [-0.05, 0) is 0 Å². The van der Waals surface area contributed by atoms with Crippen LogP contribution in [0.1, 0.15) is 0 Å². The number of hydrogen-bond donors (Lipinski definition) is 1. The van der Waals surface area contributed by atoms with E-state index in [0.29, 0.717) is 0 Å². The summed E-state index contributed by atoms with van der Waals surface area (Å²) in [6.45, 7) is -0.757. The molecule has 0 aliphatic carbocycles. The lowest BCUT2D eigenvalue weighted by Gasteiger charge is -2.01. The predicted octanol–water partition coefficient (Wildman–Crippen LogP) is -1.18. The third-order valence-electron chi connectivity index (χ3n) is 0.688. The van der Waals surface area contributed by atoms with E-state index in [1.54, 1.807) is 0 Å². The molecule has 1 atom stereocenters. The summed E-state index contributed by atoms with van der Waals surface area (Å²) in [7, 11) is -3.19. The lowest BCUT2D eigenvalue weighted by Crippen LogP contribution is -2.22. The molecule has 0 rings (SSSR count). The van der Waals surface area contributed by atoms with Crippen molar-refractivity contribution in [2.24, 2.45) is 0 Å². The van der Waals surface area contributed by atoms with Crippen LogP contribution in [0.5, 0.6) is 0 Å². The van der Waals surface area contributed by atoms with E-state index >= 15 is 0 Å². The van der Waals surface area contributed by atoms with E-state index in [4.69, 9.17) is 5.11 Å². The van der Waals surface area contributed by atoms with Gasteiger partial charge in [-0.1, -0.05) is 0 Å². The molecule has 0 fully saturated rings. The highest BCUT2D eigenvalue weighted by Crippen LogP contribution is 1.88. The molecular formula is C4H9O4S. The van der Waals surface area contributed by atoms with E-state index < -0.39 is 28.3 Å². The molecule has 0 aromatic carbocycles. The van der Waals surface area contributed by atoms with Gasteiger partial charge in [0.2, 0.25) is 0 Å². The summed E-state index contributed by atoms with van der Waals surface area (Å²) >= 11 is 0. The normalized spacial score (nSPS) is 15.4. The third kappa shape index (κ3) is 5.75. The van der Waals surface area contributed by atoms with Crippen molar-refractivity contribution in [3.05, 3.63) is 0 Å². The zero-order valence-electron chi connectivity index (χ0n) is 5.07. The molecule has 0 bridgehead atoms. The minimum atomic E-state index is -3.19. The van der Waals surface area contributed by atoms with Gasteiger partial charge in [0.25, 0.3) is 0 Å². The Bertz CT molecular complexity index is 159. The molecular weight excluding hydrogens is 144 g/mol. The first-order chi connectivity index (χ1) is 3.95. The average molecular weight is 153 g/mol.